The van der Waals surface area contributed by atoms with Crippen molar-refractivity contribution in [3.05, 3.63) is 30.1 Å². The van der Waals surface area contributed by atoms with Gasteiger partial charge in [0.15, 0.2) is 5.96 Å². The Hall–Kier alpha value is -1.31. The lowest BCUT2D eigenvalue weighted by Crippen LogP contribution is -2.40. The van der Waals surface area contributed by atoms with E-state index in [0.29, 0.717) is 5.92 Å². The molecular weight excluding hydrogens is 377 g/mol. The molecule has 0 unspecified atom stereocenters. The Bertz CT molecular complexity index is 543. The molecule has 0 bridgehead atoms. The Kier molecular flexibility index (Phi) is 7.49. The third-order valence-corrected chi connectivity index (χ3v) is 2.99. The zero-order valence-corrected chi connectivity index (χ0v) is 15.1. The number of nitrogens with one attached hydrogen (secondary N) is 3. The van der Waals surface area contributed by atoms with E-state index in [4.69, 9.17) is 0 Å². The van der Waals surface area contributed by atoms with Crippen molar-refractivity contribution in [2.24, 2.45) is 10.9 Å². The van der Waals surface area contributed by atoms with Gasteiger partial charge in [-0.1, -0.05) is 26.0 Å². The zero-order chi connectivity index (χ0) is 14.4. The van der Waals surface area contributed by atoms with Crippen LogP contribution < -0.4 is 10.6 Å². The van der Waals surface area contributed by atoms with E-state index in [9.17, 15) is 0 Å². The summed E-state index contributed by atoms with van der Waals surface area (Å²) in [5.41, 5.74) is 2.11. The molecule has 0 aliphatic rings. The fraction of sp³-hybridized carbons (Fsp3) is 0.467. The van der Waals surface area contributed by atoms with E-state index in [2.05, 4.69) is 39.4 Å². The summed E-state index contributed by atoms with van der Waals surface area (Å²) in [6.07, 6.45) is 0.844. The lowest BCUT2D eigenvalue weighted by molar-refractivity contribution is 0.614. The van der Waals surface area contributed by atoms with E-state index in [-0.39, 0.29) is 24.0 Å². The monoisotopic (exact) mass is 401 g/mol. The van der Waals surface area contributed by atoms with Gasteiger partial charge in [0.1, 0.15) is 5.82 Å². The summed E-state index contributed by atoms with van der Waals surface area (Å²) in [5.74, 6) is 2.44. The van der Waals surface area contributed by atoms with Crippen LogP contribution in [-0.2, 0) is 6.42 Å². The average molecular weight is 401 g/mol. The SMILES string of the molecule is CN=C(NCCc1nc2ccccc2[nH]1)NCC(C)C.I. The largest absolute Gasteiger partial charge is 0.356 e. The first-order chi connectivity index (χ1) is 9.69. The van der Waals surface area contributed by atoms with Crippen molar-refractivity contribution < 1.29 is 0 Å². The standard InChI is InChI=1S/C15H23N5.HI/c1-11(2)10-18-15(16-3)17-9-8-14-19-12-6-4-5-7-13(12)20-14;/h4-7,11H,8-10H2,1-3H3,(H,19,20)(H2,16,17,18);1H. The van der Waals surface area contributed by atoms with Gasteiger partial charge in [-0.05, 0) is 18.1 Å². The molecule has 21 heavy (non-hydrogen) atoms. The smallest absolute Gasteiger partial charge is 0.190 e. The maximum atomic E-state index is 4.55. The molecule has 116 valence electrons. The average Bonchev–Trinajstić information content (AvgIpc) is 2.85. The van der Waals surface area contributed by atoms with Gasteiger partial charge in [-0.25, -0.2) is 4.98 Å². The Balaban J connectivity index is 0.00000220. The van der Waals surface area contributed by atoms with Crippen molar-refractivity contribution in [1.29, 1.82) is 0 Å². The highest BCUT2D eigenvalue weighted by Crippen LogP contribution is 2.10. The number of nitrogens with zero attached hydrogens (tertiary/aromatic N) is 2. The molecule has 0 amide bonds. The third-order valence-electron chi connectivity index (χ3n) is 2.99. The van der Waals surface area contributed by atoms with Gasteiger partial charge in [-0.2, -0.15) is 0 Å². The molecule has 1 aromatic carbocycles. The lowest BCUT2D eigenvalue weighted by Gasteiger charge is -2.12. The van der Waals surface area contributed by atoms with Gasteiger partial charge >= 0.3 is 0 Å². The van der Waals surface area contributed by atoms with Crippen LogP contribution >= 0.6 is 24.0 Å². The number of fused-ring (bicyclic) bond motifs is 1. The van der Waals surface area contributed by atoms with E-state index in [1.165, 1.54) is 0 Å². The van der Waals surface area contributed by atoms with Crippen LogP contribution in [0, 0.1) is 5.92 Å². The molecule has 0 aliphatic heterocycles. The van der Waals surface area contributed by atoms with Crippen LogP contribution in [0.25, 0.3) is 11.0 Å². The molecule has 5 nitrogen and oxygen atoms in total. The predicted octanol–water partition coefficient (Wildman–Crippen LogP) is 2.54. The fourth-order valence-corrected chi connectivity index (χ4v) is 1.94. The number of aromatic amines is 1. The van der Waals surface area contributed by atoms with Crippen molar-refractivity contribution in [2.75, 3.05) is 20.1 Å². The van der Waals surface area contributed by atoms with Crippen molar-refractivity contribution in [3.8, 4) is 0 Å². The fourth-order valence-electron chi connectivity index (χ4n) is 1.94. The molecule has 0 aliphatic carbocycles. The number of benzene rings is 1. The zero-order valence-electron chi connectivity index (χ0n) is 12.8. The number of guanidine groups is 1. The van der Waals surface area contributed by atoms with Crippen LogP contribution in [0.5, 0.6) is 0 Å². The van der Waals surface area contributed by atoms with Gasteiger partial charge in [0.05, 0.1) is 11.0 Å². The number of hydrogen-bond donors (Lipinski definition) is 3. The van der Waals surface area contributed by atoms with Crippen LogP contribution in [-0.4, -0.2) is 36.1 Å². The first kappa shape index (κ1) is 17.7. The lowest BCUT2D eigenvalue weighted by atomic mass is 10.2. The number of H-pyrrole nitrogens is 1. The van der Waals surface area contributed by atoms with E-state index < -0.39 is 0 Å². The van der Waals surface area contributed by atoms with Crippen LogP contribution in [0.3, 0.4) is 0 Å². The summed E-state index contributed by atoms with van der Waals surface area (Å²) in [6, 6.07) is 8.08. The normalized spacial score (nSPS) is 11.5. The van der Waals surface area contributed by atoms with Crippen molar-refractivity contribution in [1.82, 2.24) is 20.6 Å². The van der Waals surface area contributed by atoms with Crippen LogP contribution in [0.15, 0.2) is 29.3 Å². The van der Waals surface area contributed by atoms with E-state index in [0.717, 1.165) is 42.3 Å². The van der Waals surface area contributed by atoms with Crippen molar-refractivity contribution in [2.45, 2.75) is 20.3 Å². The van der Waals surface area contributed by atoms with Gasteiger partial charge in [0, 0.05) is 26.6 Å². The number of hydrogen-bond acceptors (Lipinski definition) is 2. The third kappa shape index (κ3) is 5.53. The Morgan fingerprint density at radius 2 is 2.05 bits per heavy atom. The van der Waals surface area contributed by atoms with E-state index in [1.54, 1.807) is 7.05 Å². The Morgan fingerprint density at radius 1 is 1.29 bits per heavy atom. The van der Waals surface area contributed by atoms with Gasteiger partial charge in [0.2, 0.25) is 0 Å². The second kappa shape index (κ2) is 8.86. The number of aromatic nitrogens is 2. The van der Waals surface area contributed by atoms with Crippen molar-refractivity contribution in [3.63, 3.8) is 0 Å². The van der Waals surface area contributed by atoms with Gasteiger partial charge in [0.25, 0.3) is 0 Å². The highest BCUT2D eigenvalue weighted by molar-refractivity contribution is 14.0. The minimum atomic E-state index is 0. The molecule has 0 fully saturated rings. The van der Waals surface area contributed by atoms with Crippen molar-refractivity contribution >= 4 is 41.0 Å². The Labute approximate surface area is 143 Å². The molecule has 0 saturated heterocycles. The highest BCUT2D eigenvalue weighted by Gasteiger charge is 2.03. The predicted molar refractivity (Wildman–Crippen MR) is 99.4 cm³/mol. The summed E-state index contributed by atoms with van der Waals surface area (Å²) in [6.45, 7) is 6.07. The summed E-state index contributed by atoms with van der Waals surface area (Å²) in [7, 11) is 1.79. The number of aliphatic imine (C=N–C) groups is 1. The van der Waals surface area contributed by atoms with Gasteiger partial charge in [-0.15, -0.1) is 24.0 Å². The van der Waals surface area contributed by atoms with Crippen LogP contribution in [0.2, 0.25) is 0 Å². The molecule has 3 N–H and O–H groups in total. The van der Waals surface area contributed by atoms with Crippen LogP contribution in [0.1, 0.15) is 19.7 Å². The molecule has 0 spiro atoms. The second-order valence-electron chi connectivity index (χ2n) is 5.22. The topological polar surface area (TPSA) is 65.1 Å². The highest BCUT2D eigenvalue weighted by atomic mass is 127. The van der Waals surface area contributed by atoms with Gasteiger partial charge < -0.3 is 15.6 Å². The molecule has 2 rings (SSSR count). The summed E-state index contributed by atoms with van der Waals surface area (Å²) >= 11 is 0. The molecular formula is C15H24IN5. The first-order valence-corrected chi connectivity index (χ1v) is 7.07. The van der Waals surface area contributed by atoms with Gasteiger partial charge in [-0.3, -0.25) is 4.99 Å². The minimum absolute atomic E-state index is 0. The second-order valence-corrected chi connectivity index (χ2v) is 5.22. The quantitative estimate of drug-likeness (QED) is 0.410. The molecule has 0 radical (unpaired) electrons. The minimum Gasteiger partial charge on any atom is -0.356 e. The molecule has 0 atom stereocenters. The molecule has 1 heterocycles. The maximum absolute atomic E-state index is 4.55. The van der Waals surface area contributed by atoms with E-state index >= 15 is 0 Å². The number of imidazole rings is 1. The molecule has 0 saturated carbocycles. The summed E-state index contributed by atoms with van der Waals surface area (Å²) < 4.78 is 0. The Morgan fingerprint density at radius 3 is 2.71 bits per heavy atom. The number of rotatable bonds is 5. The number of para-hydroxylation sites is 2. The van der Waals surface area contributed by atoms with E-state index in [1.807, 2.05) is 24.3 Å². The first-order valence-electron chi connectivity index (χ1n) is 7.07. The summed E-state index contributed by atoms with van der Waals surface area (Å²) in [5, 5.41) is 6.59. The van der Waals surface area contributed by atoms with Crippen LogP contribution in [0.4, 0.5) is 0 Å². The molecule has 1 aromatic heterocycles. The molecule has 6 heteroatoms. The maximum Gasteiger partial charge on any atom is 0.190 e. The number of halogens is 1. The molecule has 2 aromatic rings. The summed E-state index contributed by atoms with van der Waals surface area (Å²) in [4.78, 5) is 12.1.